The minimum absolute atomic E-state index is 0.256. The molecular weight excluding hydrogens is 246 g/mol. The van der Waals surface area contributed by atoms with Crippen molar-refractivity contribution in [1.82, 2.24) is 10.4 Å². The number of morpholine rings is 1. The lowest BCUT2D eigenvalue weighted by atomic mass is 9.79. The number of hydrogen-bond acceptors (Lipinski definition) is 5. The van der Waals surface area contributed by atoms with Crippen molar-refractivity contribution >= 4 is 16.9 Å². The number of hydrazine groups is 1. The zero-order valence-corrected chi connectivity index (χ0v) is 12.0. The first-order valence-corrected chi connectivity index (χ1v) is 8.06. The lowest BCUT2D eigenvalue weighted by molar-refractivity contribution is 0.0253. The molecule has 0 atom stereocenters. The summed E-state index contributed by atoms with van der Waals surface area (Å²) in [5.41, 5.74) is 3.72. The fourth-order valence-electron chi connectivity index (χ4n) is 2.91. The average Bonchev–Trinajstić information content (AvgIpc) is 2.78. The number of nitrogens with zero attached hydrogens (tertiary/aromatic N) is 2. The zero-order valence-electron chi connectivity index (χ0n) is 11.2. The van der Waals surface area contributed by atoms with Crippen LogP contribution < -0.4 is 5.43 Å². The van der Waals surface area contributed by atoms with Gasteiger partial charge in [0.2, 0.25) is 0 Å². The third-order valence-electron chi connectivity index (χ3n) is 4.29. The van der Waals surface area contributed by atoms with Gasteiger partial charge in [0.05, 0.1) is 18.8 Å². The van der Waals surface area contributed by atoms with Crippen LogP contribution in [0.15, 0.2) is 4.99 Å². The molecule has 0 bridgehead atoms. The summed E-state index contributed by atoms with van der Waals surface area (Å²) in [4.78, 5) is 4.99. The fraction of sp³-hybridized carbons (Fsp3) is 0.923. The third-order valence-corrected chi connectivity index (χ3v) is 5.42. The molecule has 0 aromatic heterocycles. The molecule has 1 saturated heterocycles. The Morgan fingerprint density at radius 2 is 2.06 bits per heavy atom. The summed E-state index contributed by atoms with van der Waals surface area (Å²) in [5.74, 6) is 2.07. The zero-order chi connectivity index (χ0) is 12.4. The van der Waals surface area contributed by atoms with Crippen LogP contribution >= 0.6 is 11.8 Å². The highest BCUT2D eigenvalue weighted by Gasteiger charge is 2.38. The lowest BCUT2D eigenvalue weighted by Crippen LogP contribution is -2.47. The summed E-state index contributed by atoms with van der Waals surface area (Å²) < 4.78 is 5.36. The molecule has 0 radical (unpaired) electrons. The van der Waals surface area contributed by atoms with Crippen LogP contribution in [0.2, 0.25) is 0 Å². The molecule has 1 N–H and O–H groups in total. The Morgan fingerprint density at radius 1 is 1.33 bits per heavy atom. The predicted molar refractivity (Wildman–Crippen MR) is 75.8 cm³/mol. The van der Waals surface area contributed by atoms with Crippen molar-refractivity contribution in [2.45, 2.75) is 38.1 Å². The summed E-state index contributed by atoms with van der Waals surface area (Å²) in [6.45, 7) is 5.94. The molecule has 3 aliphatic rings. The molecule has 5 heteroatoms. The maximum atomic E-state index is 5.36. The minimum atomic E-state index is 0.256. The number of amidine groups is 1. The number of rotatable bonds is 1. The Morgan fingerprint density at radius 3 is 2.78 bits per heavy atom. The molecule has 102 valence electrons. The van der Waals surface area contributed by atoms with Crippen molar-refractivity contribution in [3.8, 4) is 0 Å². The number of aliphatic imine (C=N–C) groups is 1. The van der Waals surface area contributed by atoms with Crippen LogP contribution in [0.3, 0.4) is 0 Å². The van der Waals surface area contributed by atoms with E-state index in [9.17, 15) is 0 Å². The normalized spacial score (nSPS) is 37.8. The Labute approximate surface area is 114 Å². The summed E-state index contributed by atoms with van der Waals surface area (Å²) >= 11 is 1.90. The van der Waals surface area contributed by atoms with E-state index in [2.05, 4.69) is 17.4 Å². The first kappa shape index (κ1) is 12.8. The standard InChI is InChI=1S/C13H23N3OS/c1-11-2-4-13(5-3-11)10-18-12(14-13)15-16-6-8-17-9-7-16/h11H,2-10H2,1H3,(H,14,15). The molecule has 2 aliphatic heterocycles. The molecule has 4 nitrogen and oxygen atoms in total. The average molecular weight is 269 g/mol. The molecule has 0 amide bonds. The van der Waals surface area contributed by atoms with E-state index in [1.165, 1.54) is 31.4 Å². The van der Waals surface area contributed by atoms with Crippen molar-refractivity contribution < 1.29 is 4.74 Å². The van der Waals surface area contributed by atoms with Crippen LogP contribution in [0.1, 0.15) is 32.6 Å². The van der Waals surface area contributed by atoms with Crippen LogP contribution in [-0.4, -0.2) is 47.8 Å². The second-order valence-electron chi connectivity index (χ2n) is 5.82. The quantitative estimate of drug-likeness (QED) is 0.788. The van der Waals surface area contributed by atoms with Gasteiger partial charge in [0, 0.05) is 18.8 Å². The van der Waals surface area contributed by atoms with Crippen molar-refractivity contribution in [1.29, 1.82) is 0 Å². The van der Waals surface area contributed by atoms with Crippen molar-refractivity contribution in [2.24, 2.45) is 10.9 Å². The van der Waals surface area contributed by atoms with Gasteiger partial charge in [-0.3, -0.25) is 10.4 Å². The summed E-state index contributed by atoms with van der Waals surface area (Å²) in [6, 6.07) is 0. The number of hydrogen-bond donors (Lipinski definition) is 1. The Hall–Kier alpha value is -0.260. The van der Waals surface area contributed by atoms with E-state index in [0.717, 1.165) is 37.4 Å². The first-order chi connectivity index (χ1) is 8.76. The van der Waals surface area contributed by atoms with Crippen LogP contribution in [-0.2, 0) is 4.74 Å². The number of thioether (sulfide) groups is 1. The van der Waals surface area contributed by atoms with Crippen LogP contribution in [0, 0.1) is 5.92 Å². The molecule has 2 heterocycles. The van der Waals surface area contributed by atoms with Crippen LogP contribution in [0.25, 0.3) is 0 Å². The highest BCUT2D eigenvalue weighted by atomic mass is 32.2. The smallest absolute Gasteiger partial charge is 0.171 e. The number of nitrogens with one attached hydrogen (secondary N) is 1. The molecule has 0 unspecified atom stereocenters. The lowest BCUT2D eigenvalue weighted by Gasteiger charge is -2.32. The van der Waals surface area contributed by atoms with Gasteiger partial charge < -0.3 is 4.74 Å². The second kappa shape index (κ2) is 5.39. The number of ether oxygens (including phenoxy) is 1. The van der Waals surface area contributed by atoms with Crippen LogP contribution in [0.4, 0.5) is 0 Å². The first-order valence-electron chi connectivity index (χ1n) is 7.08. The van der Waals surface area contributed by atoms with E-state index in [4.69, 9.17) is 9.73 Å². The molecule has 18 heavy (non-hydrogen) atoms. The summed E-state index contributed by atoms with van der Waals surface area (Å²) in [5, 5.41) is 3.37. The second-order valence-corrected chi connectivity index (χ2v) is 6.79. The highest BCUT2D eigenvalue weighted by Crippen LogP contribution is 2.41. The molecule has 0 aromatic rings. The Kier molecular flexibility index (Phi) is 3.82. The van der Waals surface area contributed by atoms with Gasteiger partial charge in [-0.2, -0.15) is 0 Å². The molecule has 0 aromatic carbocycles. The van der Waals surface area contributed by atoms with E-state index in [1.54, 1.807) is 0 Å². The van der Waals surface area contributed by atoms with Crippen molar-refractivity contribution in [3.05, 3.63) is 0 Å². The van der Waals surface area contributed by atoms with Gasteiger partial charge >= 0.3 is 0 Å². The SMILES string of the molecule is CC1CCC2(CC1)CSC(NN1CCOCC1)=N2. The van der Waals surface area contributed by atoms with Gasteiger partial charge in [-0.25, -0.2) is 5.01 Å². The van der Waals surface area contributed by atoms with E-state index in [1.807, 2.05) is 11.8 Å². The van der Waals surface area contributed by atoms with E-state index < -0.39 is 0 Å². The fourth-order valence-corrected chi connectivity index (χ4v) is 4.12. The highest BCUT2D eigenvalue weighted by molar-refractivity contribution is 8.14. The third kappa shape index (κ3) is 2.83. The van der Waals surface area contributed by atoms with Gasteiger partial charge in [0.15, 0.2) is 5.17 Å². The Balaban J connectivity index is 1.57. The topological polar surface area (TPSA) is 36.9 Å². The van der Waals surface area contributed by atoms with E-state index in [-0.39, 0.29) is 5.54 Å². The molecular formula is C13H23N3OS. The van der Waals surface area contributed by atoms with E-state index >= 15 is 0 Å². The largest absolute Gasteiger partial charge is 0.379 e. The van der Waals surface area contributed by atoms with Gasteiger partial charge in [0.25, 0.3) is 0 Å². The van der Waals surface area contributed by atoms with Gasteiger partial charge in [-0.05, 0) is 31.6 Å². The molecule has 1 saturated carbocycles. The predicted octanol–water partition coefficient (Wildman–Crippen LogP) is 1.87. The van der Waals surface area contributed by atoms with Crippen molar-refractivity contribution in [3.63, 3.8) is 0 Å². The Bertz CT molecular complexity index is 320. The molecule has 2 fully saturated rings. The monoisotopic (exact) mass is 269 g/mol. The van der Waals surface area contributed by atoms with E-state index in [0.29, 0.717) is 0 Å². The van der Waals surface area contributed by atoms with Crippen LogP contribution in [0.5, 0.6) is 0 Å². The molecule has 1 aliphatic carbocycles. The molecule has 3 rings (SSSR count). The summed E-state index contributed by atoms with van der Waals surface area (Å²) in [6.07, 6.45) is 5.23. The van der Waals surface area contributed by atoms with Gasteiger partial charge in [0.1, 0.15) is 0 Å². The summed E-state index contributed by atoms with van der Waals surface area (Å²) in [7, 11) is 0. The van der Waals surface area contributed by atoms with Gasteiger partial charge in [-0.15, -0.1) is 0 Å². The van der Waals surface area contributed by atoms with Crippen molar-refractivity contribution in [2.75, 3.05) is 32.1 Å². The molecule has 1 spiro atoms. The van der Waals surface area contributed by atoms with Gasteiger partial charge in [-0.1, -0.05) is 18.7 Å². The maximum absolute atomic E-state index is 5.36. The minimum Gasteiger partial charge on any atom is -0.379 e. The maximum Gasteiger partial charge on any atom is 0.171 e.